The molecular weight excluding hydrogens is 542 g/mol. The Bertz CT molecular complexity index is 1670. The number of benzene rings is 1. The number of alkyl halides is 2. The van der Waals surface area contributed by atoms with Gasteiger partial charge in [-0.15, -0.1) is 0 Å². The van der Waals surface area contributed by atoms with Crippen LogP contribution in [0, 0.1) is 17.2 Å². The molecule has 1 N–H and O–H groups in total. The third-order valence-electron chi connectivity index (χ3n) is 7.22. The minimum absolute atomic E-state index is 0.105. The molecule has 206 valence electrons. The van der Waals surface area contributed by atoms with Crippen LogP contribution in [-0.4, -0.2) is 38.2 Å². The van der Waals surface area contributed by atoms with Crippen molar-refractivity contribution in [1.82, 2.24) is 24.4 Å². The number of hydrogen-bond acceptors (Lipinski definition) is 6. The first kappa shape index (κ1) is 27.3. The minimum Gasteiger partial charge on any atom is -0.497 e. The average molecular weight is 567 g/mol. The molecule has 1 aliphatic rings. The Balaban J connectivity index is 1.34. The normalized spacial score (nSPS) is 17.1. The quantitative estimate of drug-likeness (QED) is 0.335. The van der Waals surface area contributed by atoms with Crippen LogP contribution in [0.5, 0.6) is 5.75 Å². The Labute approximate surface area is 233 Å². The fraction of sp³-hybridized carbons (Fsp3) is 0.321. The molecular formula is C28H25ClF2N6O3. The number of pyridine rings is 2. The second-order valence-corrected chi connectivity index (χ2v) is 10.1. The second kappa shape index (κ2) is 11.4. The number of rotatable bonds is 7. The summed E-state index contributed by atoms with van der Waals surface area (Å²) < 4.78 is 35.1. The van der Waals surface area contributed by atoms with Crippen molar-refractivity contribution in [1.29, 1.82) is 5.26 Å². The average Bonchev–Trinajstić information content (AvgIpc) is 3.24. The first-order valence-electron chi connectivity index (χ1n) is 12.7. The van der Waals surface area contributed by atoms with Crippen LogP contribution < -0.4 is 15.7 Å². The van der Waals surface area contributed by atoms with Gasteiger partial charge in [-0.3, -0.25) is 14.3 Å². The van der Waals surface area contributed by atoms with Gasteiger partial charge in [0.15, 0.2) is 5.65 Å². The summed E-state index contributed by atoms with van der Waals surface area (Å²) in [5, 5.41) is 12.6. The lowest BCUT2D eigenvalue weighted by atomic mass is 9.85. The summed E-state index contributed by atoms with van der Waals surface area (Å²) in [7, 11) is 1.51. The largest absolute Gasteiger partial charge is 0.497 e. The van der Waals surface area contributed by atoms with Crippen molar-refractivity contribution in [2.45, 2.75) is 44.7 Å². The van der Waals surface area contributed by atoms with Gasteiger partial charge in [0.2, 0.25) is 0 Å². The molecule has 1 aliphatic carbocycles. The molecule has 1 saturated carbocycles. The third-order valence-corrected chi connectivity index (χ3v) is 7.42. The van der Waals surface area contributed by atoms with Crippen molar-refractivity contribution < 1.29 is 18.3 Å². The predicted molar refractivity (Wildman–Crippen MR) is 144 cm³/mol. The highest BCUT2D eigenvalue weighted by Gasteiger charge is 2.28. The zero-order chi connectivity index (χ0) is 28.4. The summed E-state index contributed by atoms with van der Waals surface area (Å²) in [6.45, 7) is 0.425. The van der Waals surface area contributed by atoms with Gasteiger partial charge in [0.1, 0.15) is 17.5 Å². The van der Waals surface area contributed by atoms with E-state index >= 15 is 0 Å². The number of nitrogens with one attached hydrogen (secondary N) is 1. The van der Waals surface area contributed by atoms with E-state index in [2.05, 4.69) is 21.4 Å². The number of halogens is 3. The summed E-state index contributed by atoms with van der Waals surface area (Å²) in [6.07, 6.45) is 2.45. The molecule has 0 radical (unpaired) electrons. The number of nitrogens with zero attached hydrogens (tertiary/aromatic N) is 5. The first-order chi connectivity index (χ1) is 19.3. The molecule has 1 amide bonds. The molecule has 1 aromatic carbocycles. The maximum Gasteiger partial charge on any atom is 0.335 e. The van der Waals surface area contributed by atoms with E-state index < -0.39 is 18.0 Å². The number of aromatic nitrogens is 4. The lowest BCUT2D eigenvalue weighted by Gasteiger charge is -2.29. The molecule has 12 heteroatoms. The summed E-state index contributed by atoms with van der Waals surface area (Å²) in [5.74, 6) is 0.00773. The predicted octanol–water partition coefficient (Wildman–Crippen LogP) is 5.04. The molecule has 0 spiro atoms. The molecule has 1 fully saturated rings. The zero-order valence-corrected chi connectivity index (χ0v) is 22.2. The number of methoxy groups -OCH3 is 1. The fourth-order valence-electron chi connectivity index (χ4n) is 5.21. The Kier molecular flexibility index (Phi) is 7.80. The molecule has 0 bridgehead atoms. The molecule has 3 heterocycles. The third kappa shape index (κ3) is 5.27. The number of hydrogen-bond donors (Lipinski definition) is 1. The SMILES string of the molecule is COc1ccc(C#N)c(-n2c(=O)n(C[C@H]3CC[C@H](NC(=O)c4cc(Cl)cnc4C(F)F)CC3)c3cccnc32)c1. The van der Waals surface area contributed by atoms with E-state index in [1.807, 2.05) is 6.07 Å². The van der Waals surface area contributed by atoms with Crippen molar-refractivity contribution in [3.05, 3.63) is 81.1 Å². The van der Waals surface area contributed by atoms with Crippen molar-refractivity contribution in [3.63, 3.8) is 0 Å². The van der Waals surface area contributed by atoms with Crippen LogP contribution in [0.1, 0.15) is 53.7 Å². The van der Waals surface area contributed by atoms with Gasteiger partial charge in [-0.1, -0.05) is 11.6 Å². The lowest BCUT2D eigenvalue weighted by Crippen LogP contribution is -2.39. The highest BCUT2D eigenvalue weighted by molar-refractivity contribution is 6.30. The van der Waals surface area contributed by atoms with E-state index in [1.54, 1.807) is 35.0 Å². The van der Waals surface area contributed by atoms with E-state index in [-0.39, 0.29) is 28.2 Å². The molecule has 4 aromatic rings. The van der Waals surface area contributed by atoms with Crippen LogP contribution in [0.2, 0.25) is 5.02 Å². The van der Waals surface area contributed by atoms with Crippen molar-refractivity contribution in [2.75, 3.05) is 7.11 Å². The van der Waals surface area contributed by atoms with Gasteiger partial charge in [0, 0.05) is 31.0 Å². The summed E-state index contributed by atoms with van der Waals surface area (Å²) in [6, 6.07) is 11.6. The molecule has 3 aromatic heterocycles. The Morgan fingerprint density at radius 2 is 2.00 bits per heavy atom. The number of carbonyl (C=O) groups excluding carboxylic acids is 1. The van der Waals surface area contributed by atoms with Crippen molar-refractivity contribution in [2.24, 2.45) is 5.92 Å². The van der Waals surface area contributed by atoms with E-state index in [4.69, 9.17) is 16.3 Å². The molecule has 0 aliphatic heterocycles. The molecule has 9 nitrogen and oxygen atoms in total. The van der Waals surface area contributed by atoms with Crippen LogP contribution in [-0.2, 0) is 6.54 Å². The minimum atomic E-state index is -2.90. The number of imidazole rings is 1. The molecule has 40 heavy (non-hydrogen) atoms. The zero-order valence-electron chi connectivity index (χ0n) is 21.5. The smallest absolute Gasteiger partial charge is 0.335 e. The van der Waals surface area contributed by atoms with Crippen LogP contribution >= 0.6 is 11.6 Å². The maximum absolute atomic E-state index is 13.7. The van der Waals surface area contributed by atoms with Gasteiger partial charge in [0.25, 0.3) is 12.3 Å². The van der Waals surface area contributed by atoms with E-state index in [0.717, 1.165) is 6.20 Å². The number of carbonyl (C=O) groups is 1. The highest BCUT2D eigenvalue weighted by Crippen LogP contribution is 2.29. The Morgan fingerprint density at radius 1 is 1.23 bits per heavy atom. The lowest BCUT2D eigenvalue weighted by molar-refractivity contribution is 0.0904. The summed E-state index contributed by atoms with van der Waals surface area (Å²) in [4.78, 5) is 34.5. The van der Waals surface area contributed by atoms with Gasteiger partial charge in [-0.05, 0) is 61.9 Å². The van der Waals surface area contributed by atoms with Gasteiger partial charge >= 0.3 is 5.69 Å². The van der Waals surface area contributed by atoms with Gasteiger partial charge < -0.3 is 10.1 Å². The molecule has 0 unspecified atom stereocenters. The van der Waals surface area contributed by atoms with Crippen LogP contribution in [0.3, 0.4) is 0 Å². The molecule has 5 rings (SSSR count). The van der Waals surface area contributed by atoms with Crippen LogP contribution in [0.15, 0.2) is 53.6 Å². The highest BCUT2D eigenvalue weighted by atomic mass is 35.5. The van der Waals surface area contributed by atoms with E-state index in [0.29, 0.717) is 60.4 Å². The van der Waals surface area contributed by atoms with Gasteiger partial charge in [-0.2, -0.15) is 5.26 Å². The number of ether oxygens (including phenoxy) is 1. The monoisotopic (exact) mass is 566 g/mol. The topological polar surface area (TPSA) is 115 Å². The van der Waals surface area contributed by atoms with E-state index in [9.17, 15) is 23.6 Å². The summed E-state index contributed by atoms with van der Waals surface area (Å²) in [5.41, 5.74) is 0.627. The van der Waals surface area contributed by atoms with E-state index in [1.165, 1.54) is 17.7 Å². The fourth-order valence-corrected chi connectivity index (χ4v) is 5.37. The Hall–Kier alpha value is -4.30. The first-order valence-corrected chi connectivity index (χ1v) is 13.1. The maximum atomic E-state index is 13.7. The van der Waals surface area contributed by atoms with Gasteiger partial charge in [-0.25, -0.2) is 23.1 Å². The molecule has 0 saturated heterocycles. The van der Waals surface area contributed by atoms with Crippen molar-refractivity contribution in [3.8, 4) is 17.5 Å². The standard InChI is InChI=1S/C28H25ClF2N6O3/c1-40-20-9-6-17(13-32)23(12-20)37-26-22(3-2-10-33-26)36(28(37)39)15-16-4-7-19(8-5-16)35-27(38)21-11-18(29)14-34-24(21)25(30)31/h2-3,6,9-12,14,16,19,25H,4-5,7-8,15H2,1H3,(H,35,38)/t16-,19-. The second-order valence-electron chi connectivity index (χ2n) is 9.65. The van der Waals surface area contributed by atoms with Crippen LogP contribution in [0.25, 0.3) is 16.9 Å². The van der Waals surface area contributed by atoms with Crippen LogP contribution in [0.4, 0.5) is 8.78 Å². The Morgan fingerprint density at radius 3 is 2.70 bits per heavy atom. The summed E-state index contributed by atoms with van der Waals surface area (Å²) >= 11 is 5.89. The molecule has 0 atom stereocenters. The number of amides is 1. The van der Waals surface area contributed by atoms with Gasteiger partial charge in [0.05, 0.1) is 34.5 Å². The van der Waals surface area contributed by atoms with Crippen molar-refractivity contribution >= 4 is 28.7 Å². The number of fused-ring (bicyclic) bond motifs is 1. The number of nitriles is 1.